The van der Waals surface area contributed by atoms with Gasteiger partial charge in [-0.25, -0.2) is 4.98 Å². The van der Waals surface area contributed by atoms with Crippen LogP contribution in [0.5, 0.6) is 0 Å². The number of hydrogen-bond acceptors (Lipinski definition) is 2. The molecular formula is C20H24N2S. The molecule has 0 aliphatic rings. The van der Waals surface area contributed by atoms with Crippen molar-refractivity contribution in [2.75, 3.05) is 0 Å². The normalized spacial score (nSPS) is 12.0. The van der Waals surface area contributed by atoms with Gasteiger partial charge in [-0.1, -0.05) is 56.8 Å². The van der Waals surface area contributed by atoms with Crippen LogP contribution in [0, 0.1) is 13.8 Å². The molecule has 0 amide bonds. The van der Waals surface area contributed by atoms with Crippen LogP contribution in [0.2, 0.25) is 0 Å². The highest BCUT2D eigenvalue weighted by molar-refractivity contribution is 7.98. The van der Waals surface area contributed by atoms with E-state index < -0.39 is 0 Å². The van der Waals surface area contributed by atoms with E-state index >= 15 is 0 Å². The quantitative estimate of drug-likeness (QED) is 0.620. The van der Waals surface area contributed by atoms with E-state index in [-0.39, 0.29) is 5.41 Å². The summed E-state index contributed by atoms with van der Waals surface area (Å²) in [6, 6.07) is 12.8. The van der Waals surface area contributed by atoms with Crippen LogP contribution in [0.15, 0.2) is 41.6 Å². The van der Waals surface area contributed by atoms with E-state index in [4.69, 9.17) is 0 Å². The molecule has 23 heavy (non-hydrogen) atoms. The lowest BCUT2D eigenvalue weighted by Gasteiger charge is -2.22. The number of hydrogen-bond donors (Lipinski definition) is 1. The average molecular weight is 324 g/mol. The maximum absolute atomic E-state index is 4.65. The number of imidazole rings is 1. The number of rotatable bonds is 3. The van der Waals surface area contributed by atoms with E-state index in [2.05, 4.69) is 62.8 Å². The smallest absolute Gasteiger partial charge is 0.166 e. The van der Waals surface area contributed by atoms with Crippen LogP contribution in [0.4, 0.5) is 0 Å². The molecule has 0 aliphatic heterocycles. The molecule has 0 spiro atoms. The van der Waals surface area contributed by atoms with Gasteiger partial charge < -0.3 is 4.98 Å². The molecule has 120 valence electrons. The Morgan fingerprint density at radius 2 is 1.70 bits per heavy atom. The summed E-state index contributed by atoms with van der Waals surface area (Å²) in [6.45, 7) is 11.2. The van der Waals surface area contributed by atoms with Crippen molar-refractivity contribution in [3.63, 3.8) is 0 Å². The standard InChI is InChI=1S/C20H24N2S/c1-13-10-15(20(3,4)5)11-14(2)16(13)12-23-19-21-17-8-6-7-9-18(17)22-19/h6-11H,12H2,1-5H3,(H,21,22). The first-order chi connectivity index (χ1) is 10.8. The molecule has 0 unspecified atom stereocenters. The van der Waals surface area contributed by atoms with Crippen molar-refractivity contribution in [3.8, 4) is 0 Å². The molecule has 3 aromatic rings. The zero-order valence-electron chi connectivity index (χ0n) is 14.5. The Hall–Kier alpha value is -1.74. The first-order valence-corrected chi connectivity index (χ1v) is 9.01. The van der Waals surface area contributed by atoms with Gasteiger partial charge in [0.15, 0.2) is 5.16 Å². The van der Waals surface area contributed by atoms with Crippen LogP contribution in [0.1, 0.15) is 43.0 Å². The van der Waals surface area contributed by atoms with Gasteiger partial charge in [0.05, 0.1) is 11.0 Å². The van der Waals surface area contributed by atoms with Crippen molar-refractivity contribution >= 4 is 22.8 Å². The van der Waals surface area contributed by atoms with Crippen molar-refractivity contribution in [2.24, 2.45) is 0 Å². The van der Waals surface area contributed by atoms with Crippen molar-refractivity contribution < 1.29 is 0 Å². The second-order valence-electron chi connectivity index (χ2n) is 7.19. The van der Waals surface area contributed by atoms with Crippen molar-refractivity contribution in [3.05, 3.63) is 58.7 Å². The minimum atomic E-state index is 0.194. The second-order valence-corrected chi connectivity index (χ2v) is 8.15. The van der Waals surface area contributed by atoms with E-state index in [0.29, 0.717) is 0 Å². The fourth-order valence-corrected chi connectivity index (χ4v) is 3.87. The summed E-state index contributed by atoms with van der Waals surface area (Å²) in [5.74, 6) is 0.946. The Labute approximate surface area is 142 Å². The lowest BCUT2D eigenvalue weighted by Crippen LogP contribution is -2.12. The third-order valence-electron chi connectivity index (χ3n) is 4.28. The lowest BCUT2D eigenvalue weighted by molar-refractivity contribution is 0.589. The third-order valence-corrected chi connectivity index (χ3v) is 5.18. The van der Waals surface area contributed by atoms with Gasteiger partial charge in [0, 0.05) is 5.75 Å². The lowest BCUT2D eigenvalue weighted by atomic mass is 9.84. The molecule has 2 nitrogen and oxygen atoms in total. The number of aromatic nitrogens is 2. The van der Waals surface area contributed by atoms with Gasteiger partial charge >= 0.3 is 0 Å². The molecule has 0 saturated heterocycles. The highest BCUT2D eigenvalue weighted by Crippen LogP contribution is 2.30. The van der Waals surface area contributed by atoms with Crippen LogP contribution in [0.25, 0.3) is 11.0 Å². The average Bonchev–Trinajstić information content (AvgIpc) is 2.88. The Kier molecular flexibility index (Phi) is 4.24. The molecule has 0 radical (unpaired) electrons. The van der Waals surface area contributed by atoms with Gasteiger partial charge in [-0.3, -0.25) is 0 Å². The zero-order valence-corrected chi connectivity index (χ0v) is 15.3. The second kappa shape index (κ2) is 6.04. The number of fused-ring (bicyclic) bond motifs is 1. The summed E-state index contributed by atoms with van der Waals surface area (Å²) in [7, 11) is 0. The molecule has 0 fully saturated rings. The SMILES string of the molecule is Cc1cc(C(C)(C)C)cc(C)c1CSc1nc2ccccc2[nH]1. The minimum Gasteiger partial charge on any atom is -0.333 e. The molecule has 0 atom stereocenters. The van der Waals surface area contributed by atoms with Gasteiger partial charge in [-0.2, -0.15) is 0 Å². The molecule has 1 heterocycles. The Morgan fingerprint density at radius 3 is 2.30 bits per heavy atom. The molecule has 2 aromatic carbocycles. The fraction of sp³-hybridized carbons (Fsp3) is 0.350. The number of aryl methyl sites for hydroxylation is 2. The number of H-pyrrole nitrogens is 1. The molecule has 3 heteroatoms. The topological polar surface area (TPSA) is 28.7 Å². The minimum absolute atomic E-state index is 0.194. The molecule has 0 bridgehead atoms. The number of para-hydroxylation sites is 2. The Morgan fingerprint density at radius 1 is 1.04 bits per heavy atom. The maximum Gasteiger partial charge on any atom is 0.166 e. The molecule has 0 saturated carbocycles. The fourth-order valence-electron chi connectivity index (χ4n) is 2.79. The summed E-state index contributed by atoms with van der Waals surface area (Å²) in [6.07, 6.45) is 0. The van der Waals surface area contributed by atoms with Crippen LogP contribution in [-0.2, 0) is 11.2 Å². The predicted octanol–water partition coefficient (Wildman–Crippen LogP) is 5.77. The summed E-state index contributed by atoms with van der Waals surface area (Å²) >= 11 is 1.77. The maximum atomic E-state index is 4.65. The monoisotopic (exact) mass is 324 g/mol. The molecule has 1 aromatic heterocycles. The first kappa shape index (κ1) is 16.1. The van der Waals surface area contributed by atoms with Crippen molar-refractivity contribution in [1.82, 2.24) is 9.97 Å². The third kappa shape index (κ3) is 3.45. The van der Waals surface area contributed by atoms with E-state index in [1.807, 2.05) is 18.2 Å². The number of benzene rings is 2. The number of thioether (sulfide) groups is 1. The number of nitrogens with one attached hydrogen (secondary N) is 1. The summed E-state index contributed by atoms with van der Waals surface area (Å²) in [5.41, 5.74) is 7.91. The van der Waals surface area contributed by atoms with E-state index in [9.17, 15) is 0 Å². The zero-order chi connectivity index (χ0) is 16.6. The van der Waals surface area contributed by atoms with Crippen LogP contribution >= 0.6 is 11.8 Å². The van der Waals surface area contributed by atoms with E-state index in [1.54, 1.807) is 11.8 Å². The molecule has 1 N–H and O–H groups in total. The van der Waals surface area contributed by atoms with Gasteiger partial charge in [-0.05, 0) is 53.6 Å². The predicted molar refractivity (Wildman–Crippen MR) is 100 cm³/mol. The van der Waals surface area contributed by atoms with Crippen molar-refractivity contribution in [2.45, 2.75) is 50.9 Å². The van der Waals surface area contributed by atoms with Crippen LogP contribution in [0.3, 0.4) is 0 Å². The molecule has 0 aliphatic carbocycles. The summed E-state index contributed by atoms with van der Waals surface area (Å²) in [4.78, 5) is 8.04. The Balaban J connectivity index is 1.83. The van der Waals surface area contributed by atoms with Gasteiger partial charge in [0.1, 0.15) is 0 Å². The largest absolute Gasteiger partial charge is 0.333 e. The number of nitrogens with zero attached hydrogens (tertiary/aromatic N) is 1. The van der Waals surface area contributed by atoms with Crippen LogP contribution in [-0.4, -0.2) is 9.97 Å². The van der Waals surface area contributed by atoms with E-state index in [0.717, 1.165) is 21.9 Å². The van der Waals surface area contributed by atoms with Gasteiger partial charge in [0.25, 0.3) is 0 Å². The highest BCUT2D eigenvalue weighted by atomic mass is 32.2. The Bertz CT molecular complexity index is 784. The summed E-state index contributed by atoms with van der Waals surface area (Å²) in [5, 5.41) is 0.991. The van der Waals surface area contributed by atoms with E-state index in [1.165, 1.54) is 22.3 Å². The number of aromatic amines is 1. The first-order valence-electron chi connectivity index (χ1n) is 8.03. The molecule has 3 rings (SSSR count). The highest BCUT2D eigenvalue weighted by Gasteiger charge is 2.16. The van der Waals surface area contributed by atoms with Crippen molar-refractivity contribution in [1.29, 1.82) is 0 Å². The van der Waals surface area contributed by atoms with Gasteiger partial charge in [-0.15, -0.1) is 0 Å². The molecular weight excluding hydrogens is 300 g/mol. The van der Waals surface area contributed by atoms with Gasteiger partial charge in [0.2, 0.25) is 0 Å². The van der Waals surface area contributed by atoms with Crippen LogP contribution < -0.4 is 0 Å². The summed E-state index contributed by atoms with van der Waals surface area (Å²) < 4.78 is 0.